The zero-order valence-corrected chi connectivity index (χ0v) is 8.69. The molecule has 0 aliphatic heterocycles. The van der Waals surface area contributed by atoms with Crippen LogP contribution in [0.4, 0.5) is 0 Å². The molecule has 0 saturated heterocycles. The topological polar surface area (TPSA) is 23.8 Å². The first kappa shape index (κ1) is 14.7. The molecule has 0 radical (unpaired) electrons. The highest BCUT2D eigenvalue weighted by atomic mass is 14.2. The van der Waals surface area contributed by atoms with Crippen molar-refractivity contribution in [3.63, 3.8) is 0 Å². The molecule has 1 nitrogen and oxygen atoms in total. The summed E-state index contributed by atoms with van der Waals surface area (Å²) in [6, 6.07) is 13.7. The van der Waals surface area contributed by atoms with Crippen molar-refractivity contribution in [3.8, 4) is 6.07 Å². The van der Waals surface area contributed by atoms with Crippen LogP contribution in [0.5, 0.6) is 0 Å². The lowest BCUT2D eigenvalue weighted by atomic mass is 10.4. The second-order valence-electron chi connectivity index (χ2n) is 2.18. The molecule has 0 atom stereocenters. The molecule has 0 aliphatic carbocycles. The van der Waals surface area contributed by atoms with Gasteiger partial charge in [0.25, 0.3) is 0 Å². The number of nitrogens with zero attached hydrogens (tertiary/aromatic N) is 1. The standard InChI is InChI=1S/C6H6.C4H8.C3H3N/c1-2-4-6-5-3-1;1-3-4-2;1-2-3-4/h1-6H;3H,1,4H2,2H3;2H,1H2. The summed E-state index contributed by atoms with van der Waals surface area (Å²) in [7, 11) is 0. The van der Waals surface area contributed by atoms with Crippen molar-refractivity contribution in [3.05, 3.63) is 61.7 Å². The molecule has 0 bridgehead atoms. The predicted molar refractivity (Wildman–Crippen MR) is 62.7 cm³/mol. The molecule has 0 aromatic heterocycles. The van der Waals surface area contributed by atoms with Crippen molar-refractivity contribution < 1.29 is 0 Å². The molecule has 1 heteroatoms. The van der Waals surface area contributed by atoms with Crippen molar-refractivity contribution in [2.24, 2.45) is 0 Å². The molecule has 0 unspecified atom stereocenters. The van der Waals surface area contributed by atoms with Gasteiger partial charge in [0.1, 0.15) is 0 Å². The van der Waals surface area contributed by atoms with E-state index in [1.54, 1.807) is 6.07 Å². The molecular weight excluding hydrogens is 170 g/mol. The van der Waals surface area contributed by atoms with Gasteiger partial charge in [0.2, 0.25) is 0 Å². The number of hydrogen-bond donors (Lipinski definition) is 0. The Bertz CT molecular complexity index is 217. The van der Waals surface area contributed by atoms with Crippen LogP contribution in [0.3, 0.4) is 0 Å². The van der Waals surface area contributed by atoms with Gasteiger partial charge in [-0.25, -0.2) is 0 Å². The maximum atomic E-state index is 7.51. The quantitative estimate of drug-likeness (QED) is 0.482. The Hall–Kier alpha value is -1.81. The smallest absolute Gasteiger partial charge is 0.0905 e. The fraction of sp³-hybridized carbons (Fsp3) is 0.154. The Labute approximate surface area is 87.0 Å². The lowest BCUT2D eigenvalue weighted by Crippen LogP contribution is -1.47. The normalized spacial score (nSPS) is 6.29. The second-order valence-corrected chi connectivity index (χ2v) is 2.18. The molecule has 0 saturated carbocycles. The van der Waals surface area contributed by atoms with Gasteiger partial charge in [0.15, 0.2) is 0 Å². The number of rotatable bonds is 1. The second kappa shape index (κ2) is 17.3. The molecule has 0 heterocycles. The minimum absolute atomic E-state index is 1.08. The lowest BCUT2D eigenvalue weighted by molar-refractivity contribution is 1.23. The van der Waals surface area contributed by atoms with E-state index in [1.165, 1.54) is 6.08 Å². The van der Waals surface area contributed by atoms with E-state index in [4.69, 9.17) is 5.26 Å². The van der Waals surface area contributed by atoms with Crippen molar-refractivity contribution in [2.45, 2.75) is 13.3 Å². The Kier molecular flexibility index (Phi) is 18.2. The predicted octanol–water partition coefficient (Wildman–Crippen LogP) is 3.96. The molecule has 1 aromatic rings. The van der Waals surface area contributed by atoms with Gasteiger partial charge in [-0.15, -0.1) is 6.58 Å². The maximum Gasteiger partial charge on any atom is 0.0905 e. The van der Waals surface area contributed by atoms with Crippen LogP contribution < -0.4 is 0 Å². The fourth-order valence-corrected chi connectivity index (χ4v) is 0.385. The highest BCUT2D eigenvalue weighted by Gasteiger charge is 1.57. The van der Waals surface area contributed by atoms with Crippen LogP contribution in [0.15, 0.2) is 61.7 Å². The van der Waals surface area contributed by atoms with Gasteiger partial charge in [-0.2, -0.15) is 5.26 Å². The summed E-state index contributed by atoms with van der Waals surface area (Å²) in [5, 5.41) is 7.51. The highest BCUT2D eigenvalue weighted by molar-refractivity contribution is 4.99. The monoisotopic (exact) mass is 187 g/mol. The van der Waals surface area contributed by atoms with Gasteiger partial charge in [-0.1, -0.05) is 56.0 Å². The van der Waals surface area contributed by atoms with Gasteiger partial charge in [0, 0.05) is 6.08 Å². The molecule has 0 spiro atoms. The van der Waals surface area contributed by atoms with Gasteiger partial charge < -0.3 is 0 Å². The van der Waals surface area contributed by atoms with Crippen LogP contribution in [0.2, 0.25) is 0 Å². The van der Waals surface area contributed by atoms with E-state index in [0.717, 1.165) is 6.42 Å². The van der Waals surface area contributed by atoms with E-state index in [0.29, 0.717) is 0 Å². The van der Waals surface area contributed by atoms with Gasteiger partial charge >= 0.3 is 0 Å². The summed E-state index contributed by atoms with van der Waals surface area (Å²) in [4.78, 5) is 0. The Balaban J connectivity index is 0. The van der Waals surface area contributed by atoms with Crippen molar-refractivity contribution in [2.75, 3.05) is 0 Å². The minimum atomic E-state index is 1.08. The summed E-state index contributed by atoms with van der Waals surface area (Å²) >= 11 is 0. The highest BCUT2D eigenvalue weighted by Crippen LogP contribution is 1.79. The average Bonchev–Trinajstić information content (AvgIpc) is 2.32. The van der Waals surface area contributed by atoms with Crippen LogP contribution in [0.1, 0.15) is 13.3 Å². The third kappa shape index (κ3) is 22.5. The minimum Gasteiger partial charge on any atom is -0.193 e. The molecule has 1 aromatic carbocycles. The first-order valence-electron chi connectivity index (χ1n) is 4.44. The Morgan fingerprint density at radius 3 is 1.36 bits per heavy atom. The van der Waals surface area contributed by atoms with Crippen molar-refractivity contribution >= 4 is 0 Å². The molecule has 0 fully saturated rings. The fourth-order valence-electron chi connectivity index (χ4n) is 0.385. The number of nitriles is 1. The number of benzene rings is 1. The van der Waals surface area contributed by atoms with Crippen molar-refractivity contribution in [1.82, 2.24) is 0 Å². The van der Waals surface area contributed by atoms with E-state index in [-0.39, 0.29) is 0 Å². The lowest BCUT2D eigenvalue weighted by Gasteiger charge is -1.69. The zero-order chi connectivity index (χ0) is 11.1. The molecule has 74 valence electrons. The first-order chi connectivity index (χ1) is 6.83. The van der Waals surface area contributed by atoms with Gasteiger partial charge in [-0.3, -0.25) is 0 Å². The maximum absolute atomic E-state index is 7.51. The summed E-state index contributed by atoms with van der Waals surface area (Å²) in [5.74, 6) is 0. The summed E-state index contributed by atoms with van der Waals surface area (Å²) in [6.07, 6.45) is 4.14. The molecule has 14 heavy (non-hydrogen) atoms. The van der Waals surface area contributed by atoms with Crippen LogP contribution in [0, 0.1) is 11.3 Å². The van der Waals surface area contributed by atoms with E-state index >= 15 is 0 Å². The van der Waals surface area contributed by atoms with Crippen LogP contribution in [0.25, 0.3) is 0 Å². The number of hydrogen-bond acceptors (Lipinski definition) is 1. The van der Waals surface area contributed by atoms with Crippen LogP contribution in [-0.2, 0) is 0 Å². The van der Waals surface area contributed by atoms with E-state index < -0.39 is 0 Å². The SMILES string of the molecule is C=CC#N.C=CCC.c1ccccc1. The molecule has 1 rings (SSSR count). The van der Waals surface area contributed by atoms with E-state index in [2.05, 4.69) is 20.1 Å². The zero-order valence-electron chi connectivity index (χ0n) is 8.69. The summed E-state index contributed by atoms with van der Waals surface area (Å²) in [5.41, 5.74) is 0. The summed E-state index contributed by atoms with van der Waals surface area (Å²) in [6.45, 7) is 8.66. The molecule has 0 N–H and O–H groups in total. The molecule has 0 amide bonds. The third-order valence-electron chi connectivity index (χ3n) is 1.05. The first-order valence-corrected chi connectivity index (χ1v) is 4.44. The third-order valence-corrected chi connectivity index (χ3v) is 1.05. The van der Waals surface area contributed by atoms with Crippen molar-refractivity contribution in [1.29, 1.82) is 5.26 Å². The Morgan fingerprint density at radius 2 is 1.29 bits per heavy atom. The van der Waals surface area contributed by atoms with E-state index in [9.17, 15) is 0 Å². The largest absolute Gasteiger partial charge is 0.193 e. The number of allylic oxidation sites excluding steroid dienone is 2. The van der Waals surface area contributed by atoms with Gasteiger partial charge in [-0.05, 0) is 6.42 Å². The van der Waals surface area contributed by atoms with E-state index in [1.807, 2.05) is 42.5 Å². The summed E-state index contributed by atoms with van der Waals surface area (Å²) < 4.78 is 0. The van der Waals surface area contributed by atoms with Gasteiger partial charge in [0.05, 0.1) is 6.07 Å². The van der Waals surface area contributed by atoms with Crippen LogP contribution >= 0.6 is 0 Å². The molecular formula is C13H17N. The average molecular weight is 187 g/mol. The molecule has 0 aliphatic rings. The van der Waals surface area contributed by atoms with Crippen LogP contribution in [-0.4, -0.2) is 0 Å². The Morgan fingerprint density at radius 1 is 1.07 bits per heavy atom.